The van der Waals surface area contributed by atoms with Crippen LogP contribution in [0.4, 0.5) is 5.69 Å². The maximum absolute atomic E-state index is 11.8. The van der Waals surface area contributed by atoms with Crippen LogP contribution in [0.1, 0.15) is 30.9 Å². The van der Waals surface area contributed by atoms with E-state index in [4.69, 9.17) is 0 Å². The van der Waals surface area contributed by atoms with Crippen molar-refractivity contribution in [2.24, 2.45) is 0 Å². The molecule has 0 unspecified atom stereocenters. The van der Waals surface area contributed by atoms with E-state index in [0.717, 1.165) is 17.5 Å². The lowest BCUT2D eigenvalue weighted by Crippen LogP contribution is -2.34. The number of hydrogen-bond donors (Lipinski definition) is 2. The Morgan fingerprint density at radius 1 is 1.25 bits per heavy atom. The minimum atomic E-state index is -3.36. The van der Waals surface area contributed by atoms with Crippen LogP contribution in [-0.4, -0.2) is 26.6 Å². The number of nitrogens with one attached hydrogen (secondary N) is 2. The number of benzene rings is 1. The van der Waals surface area contributed by atoms with Crippen molar-refractivity contribution in [1.29, 1.82) is 0 Å². The van der Waals surface area contributed by atoms with Crippen LogP contribution in [-0.2, 0) is 14.8 Å². The van der Waals surface area contributed by atoms with Gasteiger partial charge in [-0.25, -0.2) is 13.1 Å². The second kappa shape index (κ2) is 7.40. The quantitative estimate of drug-likeness (QED) is 0.808. The van der Waals surface area contributed by atoms with Gasteiger partial charge in [0.15, 0.2) is 0 Å². The van der Waals surface area contributed by atoms with Gasteiger partial charge >= 0.3 is 0 Å². The Morgan fingerprint density at radius 3 is 2.60 bits per heavy atom. The molecule has 1 amide bonds. The van der Waals surface area contributed by atoms with Crippen LogP contribution in [0.2, 0.25) is 0 Å². The molecule has 0 atom stereocenters. The zero-order chi connectivity index (χ0) is 15.2. The third-order valence-electron chi connectivity index (χ3n) is 2.89. The monoisotopic (exact) mass is 298 g/mol. The van der Waals surface area contributed by atoms with Crippen molar-refractivity contribution in [3.63, 3.8) is 0 Å². The van der Waals surface area contributed by atoms with Crippen molar-refractivity contribution in [3.05, 3.63) is 29.3 Å². The van der Waals surface area contributed by atoms with Gasteiger partial charge in [-0.1, -0.05) is 25.5 Å². The standard InChI is InChI=1S/C14H22N2O3S/c1-4-5-8-20(18,19)15-10-14(17)16-13-9-11(2)6-7-12(13)3/h6-7,9,15H,4-5,8,10H2,1-3H3,(H,16,17). The van der Waals surface area contributed by atoms with E-state index in [1.807, 2.05) is 39.0 Å². The van der Waals surface area contributed by atoms with Crippen LogP contribution in [0.15, 0.2) is 18.2 Å². The second-order valence-electron chi connectivity index (χ2n) is 4.86. The van der Waals surface area contributed by atoms with Gasteiger partial charge in [-0.15, -0.1) is 0 Å². The predicted molar refractivity (Wildman–Crippen MR) is 81.2 cm³/mol. The van der Waals surface area contributed by atoms with Gasteiger partial charge in [0.05, 0.1) is 12.3 Å². The topological polar surface area (TPSA) is 75.3 Å². The maximum Gasteiger partial charge on any atom is 0.239 e. The molecule has 0 bridgehead atoms. The van der Waals surface area contributed by atoms with Crippen LogP contribution in [0.3, 0.4) is 0 Å². The number of unbranched alkanes of at least 4 members (excludes halogenated alkanes) is 1. The van der Waals surface area contributed by atoms with E-state index in [-0.39, 0.29) is 18.2 Å². The number of anilines is 1. The molecular formula is C14H22N2O3S. The van der Waals surface area contributed by atoms with E-state index in [1.165, 1.54) is 0 Å². The first-order valence-electron chi connectivity index (χ1n) is 6.68. The highest BCUT2D eigenvalue weighted by atomic mass is 32.2. The summed E-state index contributed by atoms with van der Waals surface area (Å²) in [5, 5.41) is 2.71. The fraction of sp³-hybridized carbons (Fsp3) is 0.500. The lowest BCUT2D eigenvalue weighted by molar-refractivity contribution is -0.115. The molecule has 0 heterocycles. The van der Waals surface area contributed by atoms with E-state index < -0.39 is 10.0 Å². The van der Waals surface area contributed by atoms with Gasteiger partial charge in [-0.3, -0.25) is 4.79 Å². The SMILES string of the molecule is CCCCS(=O)(=O)NCC(=O)Nc1cc(C)ccc1C. The van der Waals surface area contributed by atoms with Gasteiger partial charge in [0.1, 0.15) is 0 Å². The summed E-state index contributed by atoms with van der Waals surface area (Å²) in [4.78, 5) is 11.8. The Balaban J connectivity index is 2.54. The molecular weight excluding hydrogens is 276 g/mol. The molecule has 0 saturated heterocycles. The summed E-state index contributed by atoms with van der Waals surface area (Å²) in [6.07, 6.45) is 1.39. The normalized spacial score (nSPS) is 11.3. The Hall–Kier alpha value is -1.40. The summed E-state index contributed by atoms with van der Waals surface area (Å²) in [7, 11) is -3.36. The highest BCUT2D eigenvalue weighted by molar-refractivity contribution is 7.89. The Kier molecular flexibility index (Phi) is 6.16. The largest absolute Gasteiger partial charge is 0.325 e. The molecule has 6 heteroatoms. The number of rotatable bonds is 7. The van der Waals surface area contributed by atoms with Gasteiger partial charge in [-0.05, 0) is 37.5 Å². The first kappa shape index (κ1) is 16.7. The molecule has 2 N–H and O–H groups in total. The predicted octanol–water partition coefficient (Wildman–Crippen LogP) is 1.96. The van der Waals surface area contributed by atoms with E-state index in [0.29, 0.717) is 12.1 Å². The maximum atomic E-state index is 11.8. The van der Waals surface area contributed by atoms with Gasteiger partial charge in [0.25, 0.3) is 0 Å². The second-order valence-corrected chi connectivity index (χ2v) is 6.79. The molecule has 1 aromatic rings. The Bertz CT molecular complexity index is 568. The molecule has 0 fully saturated rings. The van der Waals surface area contributed by atoms with Crippen molar-refractivity contribution in [2.75, 3.05) is 17.6 Å². The molecule has 20 heavy (non-hydrogen) atoms. The van der Waals surface area contributed by atoms with Crippen LogP contribution in [0.5, 0.6) is 0 Å². The number of carbonyl (C=O) groups excluding carboxylic acids is 1. The Morgan fingerprint density at radius 2 is 1.95 bits per heavy atom. The summed E-state index contributed by atoms with van der Waals surface area (Å²) >= 11 is 0. The molecule has 0 radical (unpaired) electrons. The third-order valence-corrected chi connectivity index (χ3v) is 4.30. The summed E-state index contributed by atoms with van der Waals surface area (Å²) in [5.41, 5.74) is 2.69. The first-order chi connectivity index (χ1) is 9.34. The minimum Gasteiger partial charge on any atom is -0.325 e. The van der Waals surface area contributed by atoms with Crippen LogP contribution < -0.4 is 10.0 Å². The fourth-order valence-corrected chi connectivity index (χ4v) is 2.81. The first-order valence-corrected chi connectivity index (χ1v) is 8.33. The van der Waals surface area contributed by atoms with E-state index in [1.54, 1.807) is 0 Å². The number of aryl methyl sites for hydroxylation is 2. The summed E-state index contributed by atoms with van der Waals surface area (Å²) in [6, 6.07) is 5.73. The number of amides is 1. The van der Waals surface area contributed by atoms with Crippen molar-refractivity contribution < 1.29 is 13.2 Å². The zero-order valence-corrected chi connectivity index (χ0v) is 13.0. The Labute approximate surface area is 120 Å². The lowest BCUT2D eigenvalue weighted by Gasteiger charge is -2.10. The molecule has 1 rings (SSSR count). The van der Waals surface area contributed by atoms with Crippen molar-refractivity contribution in [3.8, 4) is 0 Å². The van der Waals surface area contributed by atoms with Gasteiger partial charge in [-0.2, -0.15) is 0 Å². The average molecular weight is 298 g/mol. The molecule has 0 aliphatic heterocycles. The number of hydrogen-bond acceptors (Lipinski definition) is 3. The molecule has 5 nitrogen and oxygen atoms in total. The average Bonchev–Trinajstić information content (AvgIpc) is 2.39. The molecule has 1 aromatic carbocycles. The van der Waals surface area contributed by atoms with E-state index in [2.05, 4.69) is 10.0 Å². The van der Waals surface area contributed by atoms with E-state index in [9.17, 15) is 13.2 Å². The minimum absolute atomic E-state index is 0.0558. The highest BCUT2D eigenvalue weighted by Gasteiger charge is 2.12. The zero-order valence-electron chi connectivity index (χ0n) is 12.2. The summed E-state index contributed by atoms with van der Waals surface area (Å²) in [5.74, 6) is -0.306. The highest BCUT2D eigenvalue weighted by Crippen LogP contribution is 2.15. The van der Waals surface area contributed by atoms with Crippen LogP contribution >= 0.6 is 0 Å². The van der Waals surface area contributed by atoms with Crippen molar-refractivity contribution >= 4 is 21.6 Å². The molecule has 0 saturated carbocycles. The molecule has 0 spiro atoms. The molecule has 0 aliphatic rings. The van der Waals surface area contributed by atoms with Gasteiger partial charge < -0.3 is 5.32 Å². The lowest BCUT2D eigenvalue weighted by atomic mass is 10.1. The third kappa shape index (κ3) is 5.71. The summed E-state index contributed by atoms with van der Waals surface area (Å²) in [6.45, 7) is 5.51. The van der Waals surface area contributed by atoms with E-state index >= 15 is 0 Å². The summed E-state index contributed by atoms with van der Waals surface area (Å²) < 4.78 is 25.5. The van der Waals surface area contributed by atoms with Crippen LogP contribution in [0.25, 0.3) is 0 Å². The number of carbonyl (C=O) groups is 1. The van der Waals surface area contributed by atoms with Gasteiger partial charge in [0.2, 0.25) is 15.9 Å². The smallest absolute Gasteiger partial charge is 0.239 e. The molecule has 112 valence electrons. The molecule has 0 aromatic heterocycles. The number of sulfonamides is 1. The molecule has 0 aliphatic carbocycles. The van der Waals surface area contributed by atoms with Gasteiger partial charge in [0, 0.05) is 5.69 Å². The fourth-order valence-electron chi connectivity index (χ4n) is 1.65. The van der Waals surface area contributed by atoms with Crippen molar-refractivity contribution in [2.45, 2.75) is 33.6 Å². The van der Waals surface area contributed by atoms with Crippen LogP contribution in [0, 0.1) is 13.8 Å². The van der Waals surface area contributed by atoms with Crippen molar-refractivity contribution in [1.82, 2.24) is 4.72 Å².